The van der Waals surface area contributed by atoms with E-state index in [1.165, 1.54) is 23.1 Å². The van der Waals surface area contributed by atoms with E-state index in [0.29, 0.717) is 21.0 Å². The van der Waals surface area contributed by atoms with Crippen molar-refractivity contribution in [1.82, 2.24) is 15.1 Å². The molecule has 0 aliphatic rings. The monoisotopic (exact) mass is 475 g/mol. The maximum Gasteiger partial charge on any atom is 0.233 e. The number of anilines is 2. The molecule has 0 saturated carbocycles. The van der Waals surface area contributed by atoms with E-state index in [1.807, 2.05) is 55.5 Å². The second-order valence-corrected chi connectivity index (χ2v) is 9.38. The van der Waals surface area contributed by atoms with E-state index in [-0.39, 0.29) is 24.6 Å². The molecule has 1 aromatic heterocycles. The summed E-state index contributed by atoms with van der Waals surface area (Å²) in [6, 6.07) is 15.3. The summed E-state index contributed by atoms with van der Waals surface area (Å²) in [6.07, 6.45) is 0.120. The molecule has 0 unspecified atom stereocenters. The first-order chi connectivity index (χ1) is 14.9. The molecule has 2 amide bonds. The number of primary amides is 1. The molecule has 0 aliphatic heterocycles. The second kappa shape index (κ2) is 11.1. The number of hydrogen-bond acceptors (Lipinski definition) is 7. The molecule has 1 heterocycles. The van der Waals surface area contributed by atoms with Gasteiger partial charge in [0.25, 0.3) is 0 Å². The zero-order valence-electron chi connectivity index (χ0n) is 16.9. The number of nitrogens with one attached hydrogen (secondary N) is 1. The van der Waals surface area contributed by atoms with E-state index in [4.69, 9.17) is 17.3 Å². The van der Waals surface area contributed by atoms with Gasteiger partial charge in [-0.2, -0.15) is 0 Å². The molecule has 2 aromatic carbocycles. The predicted octanol–water partition coefficient (Wildman–Crippen LogP) is 4.24. The van der Waals surface area contributed by atoms with E-state index in [1.54, 1.807) is 4.90 Å². The van der Waals surface area contributed by atoms with Crippen LogP contribution in [-0.2, 0) is 16.1 Å². The Hall–Kier alpha value is -2.62. The van der Waals surface area contributed by atoms with Crippen molar-refractivity contribution in [3.63, 3.8) is 0 Å². The van der Waals surface area contributed by atoms with Crippen molar-refractivity contribution in [2.24, 2.45) is 5.73 Å². The number of aryl methyl sites for hydroxylation is 1. The summed E-state index contributed by atoms with van der Waals surface area (Å²) in [5.74, 6) is -0.337. The average molecular weight is 476 g/mol. The number of rotatable bonds is 10. The summed E-state index contributed by atoms with van der Waals surface area (Å²) in [5, 5.41) is 12.7. The van der Waals surface area contributed by atoms with Crippen LogP contribution in [0.5, 0.6) is 0 Å². The topological polar surface area (TPSA) is 101 Å². The standard InChI is InChI=1S/C21H22ClN5O2S2/c1-14-7-8-16(11-17(14)22)24-20-25-26-21(31-20)30-13-19(29)27(10-9-18(23)28)12-15-5-3-2-4-6-15/h2-8,11H,9-10,12-13H2,1H3,(H2,23,28)(H,24,25). The van der Waals surface area contributed by atoms with Crippen LogP contribution >= 0.6 is 34.7 Å². The van der Waals surface area contributed by atoms with Crippen LogP contribution in [0.25, 0.3) is 0 Å². The third-order valence-electron chi connectivity index (χ3n) is 4.35. The highest BCUT2D eigenvalue weighted by Crippen LogP contribution is 2.29. The van der Waals surface area contributed by atoms with Gasteiger partial charge in [-0.15, -0.1) is 10.2 Å². The van der Waals surface area contributed by atoms with Crippen molar-refractivity contribution in [1.29, 1.82) is 0 Å². The van der Waals surface area contributed by atoms with E-state index in [9.17, 15) is 9.59 Å². The van der Waals surface area contributed by atoms with Gasteiger partial charge < -0.3 is 16.0 Å². The molecule has 0 saturated heterocycles. The number of benzene rings is 2. The van der Waals surface area contributed by atoms with Crippen molar-refractivity contribution in [3.8, 4) is 0 Å². The predicted molar refractivity (Wildman–Crippen MR) is 126 cm³/mol. The molecule has 0 radical (unpaired) electrons. The van der Waals surface area contributed by atoms with E-state index in [0.717, 1.165) is 16.8 Å². The van der Waals surface area contributed by atoms with Crippen molar-refractivity contribution in [3.05, 3.63) is 64.7 Å². The van der Waals surface area contributed by atoms with Gasteiger partial charge in [-0.3, -0.25) is 9.59 Å². The van der Waals surface area contributed by atoms with Crippen LogP contribution in [0.1, 0.15) is 17.5 Å². The Morgan fingerprint density at radius 3 is 2.68 bits per heavy atom. The van der Waals surface area contributed by atoms with Crippen LogP contribution < -0.4 is 11.1 Å². The summed E-state index contributed by atoms with van der Waals surface area (Å²) in [5.41, 5.74) is 8.07. The van der Waals surface area contributed by atoms with E-state index < -0.39 is 5.91 Å². The highest BCUT2D eigenvalue weighted by atomic mass is 35.5. The second-order valence-electron chi connectivity index (χ2n) is 6.77. The molecule has 10 heteroatoms. The first-order valence-electron chi connectivity index (χ1n) is 9.50. The first kappa shape index (κ1) is 23.1. The molecule has 3 aromatic rings. The van der Waals surface area contributed by atoms with Gasteiger partial charge in [0.05, 0.1) is 5.75 Å². The molecular formula is C21H22ClN5O2S2. The zero-order valence-corrected chi connectivity index (χ0v) is 19.3. The fourth-order valence-corrected chi connectivity index (χ4v) is 4.52. The molecular weight excluding hydrogens is 454 g/mol. The number of thioether (sulfide) groups is 1. The Kier molecular flexibility index (Phi) is 8.27. The molecule has 0 atom stereocenters. The number of hydrogen-bond donors (Lipinski definition) is 2. The molecule has 0 bridgehead atoms. The van der Waals surface area contributed by atoms with E-state index >= 15 is 0 Å². The Labute approximate surface area is 194 Å². The lowest BCUT2D eigenvalue weighted by Crippen LogP contribution is -2.34. The molecule has 3 rings (SSSR count). The van der Waals surface area contributed by atoms with Gasteiger partial charge in [0, 0.05) is 30.2 Å². The van der Waals surface area contributed by atoms with Crippen molar-refractivity contribution in [2.45, 2.75) is 24.2 Å². The minimum atomic E-state index is -0.436. The minimum Gasteiger partial charge on any atom is -0.370 e. The molecule has 0 aliphatic carbocycles. The zero-order chi connectivity index (χ0) is 22.2. The maximum absolute atomic E-state index is 12.8. The van der Waals surface area contributed by atoms with Crippen molar-refractivity contribution >= 4 is 57.3 Å². The normalized spacial score (nSPS) is 10.6. The lowest BCUT2D eigenvalue weighted by Gasteiger charge is -2.22. The Morgan fingerprint density at radius 1 is 1.19 bits per heavy atom. The SMILES string of the molecule is Cc1ccc(Nc2nnc(SCC(=O)N(CCC(N)=O)Cc3ccccc3)s2)cc1Cl. The van der Waals surface area contributed by atoms with E-state index in [2.05, 4.69) is 15.5 Å². The molecule has 0 spiro atoms. The number of aromatic nitrogens is 2. The number of halogens is 1. The molecule has 7 nitrogen and oxygen atoms in total. The smallest absolute Gasteiger partial charge is 0.233 e. The van der Waals surface area contributed by atoms with Crippen molar-refractivity contribution in [2.75, 3.05) is 17.6 Å². The van der Waals surface area contributed by atoms with Crippen molar-refractivity contribution < 1.29 is 9.59 Å². The summed E-state index contributed by atoms with van der Waals surface area (Å²) in [6.45, 7) is 2.64. The summed E-state index contributed by atoms with van der Waals surface area (Å²) in [4.78, 5) is 25.6. The van der Waals surface area contributed by atoms with Gasteiger partial charge in [0.1, 0.15) is 0 Å². The van der Waals surface area contributed by atoms with Crippen LogP contribution in [-0.4, -0.2) is 39.2 Å². The highest BCUT2D eigenvalue weighted by molar-refractivity contribution is 8.01. The van der Waals surface area contributed by atoms with Gasteiger partial charge >= 0.3 is 0 Å². The highest BCUT2D eigenvalue weighted by Gasteiger charge is 2.17. The molecule has 3 N–H and O–H groups in total. The third-order valence-corrected chi connectivity index (χ3v) is 6.71. The number of nitrogens with zero attached hydrogens (tertiary/aromatic N) is 3. The summed E-state index contributed by atoms with van der Waals surface area (Å²) >= 11 is 8.82. The average Bonchev–Trinajstić information content (AvgIpc) is 3.20. The van der Waals surface area contributed by atoms with Crippen LogP contribution in [0.2, 0.25) is 5.02 Å². The van der Waals surface area contributed by atoms with Crippen LogP contribution in [0.15, 0.2) is 52.9 Å². The van der Waals surface area contributed by atoms with Crippen LogP contribution in [0, 0.1) is 6.92 Å². The van der Waals surface area contributed by atoms with Gasteiger partial charge in [0.2, 0.25) is 16.9 Å². The first-order valence-corrected chi connectivity index (χ1v) is 11.7. The number of amides is 2. The van der Waals surface area contributed by atoms with Gasteiger partial charge in [0.15, 0.2) is 4.34 Å². The van der Waals surface area contributed by atoms with Gasteiger partial charge in [-0.25, -0.2) is 0 Å². The van der Waals surface area contributed by atoms with Gasteiger partial charge in [-0.1, -0.05) is 71.1 Å². The number of carbonyl (C=O) groups excluding carboxylic acids is 2. The van der Waals surface area contributed by atoms with Crippen LogP contribution in [0.3, 0.4) is 0 Å². The Morgan fingerprint density at radius 2 is 1.97 bits per heavy atom. The largest absolute Gasteiger partial charge is 0.370 e. The summed E-state index contributed by atoms with van der Waals surface area (Å²) in [7, 11) is 0. The molecule has 0 fully saturated rings. The summed E-state index contributed by atoms with van der Waals surface area (Å²) < 4.78 is 0.670. The maximum atomic E-state index is 12.8. The number of carbonyl (C=O) groups is 2. The molecule has 31 heavy (non-hydrogen) atoms. The quantitative estimate of drug-likeness (QED) is 0.425. The number of nitrogens with two attached hydrogens (primary N) is 1. The Balaban J connectivity index is 1.58. The minimum absolute atomic E-state index is 0.0925. The van der Waals surface area contributed by atoms with Gasteiger partial charge in [-0.05, 0) is 30.2 Å². The van der Waals surface area contributed by atoms with Crippen LogP contribution in [0.4, 0.5) is 10.8 Å². The fraction of sp³-hybridized carbons (Fsp3) is 0.238. The third kappa shape index (κ3) is 7.23. The molecule has 162 valence electrons. The Bertz CT molecular complexity index is 1050. The lowest BCUT2D eigenvalue weighted by atomic mass is 10.2. The fourth-order valence-electron chi connectivity index (χ4n) is 2.67. The lowest BCUT2D eigenvalue weighted by molar-refractivity contribution is -0.129.